The van der Waals surface area contributed by atoms with Crippen molar-refractivity contribution in [2.75, 3.05) is 5.32 Å². The maximum atomic E-state index is 12.0. The number of anilines is 1. The van der Waals surface area contributed by atoms with E-state index in [0.717, 1.165) is 29.9 Å². The Bertz CT molecular complexity index is 733. The molecule has 1 amide bonds. The van der Waals surface area contributed by atoms with Crippen molar-refractivity contribution >= 4 is 11.7 Å². The zero-order chi connectivity index (χ0) is 15.8. The van der Waals surface area contributed by atoms with E-state index >= 15 is 0 Å². The number of nitrogens with one attached hydrogen (secondary N) is 2. The van der Waals surface area contributed by atoms with E-state index in [1.165, 1.54) is 12.8 Å². The van der Waals surface area contributed by atoms with Gasteiger partial charge in [0.1, 0.15) is 5.82 Å². The second-order valence-corrected chi connectivity index (χ2v) is 6.46. The first-order valence-electron chi connectivity index (χ1n) is 8.21. The number of carbonyl (C=O) groups is 1. The van der Waals surface area contributed by atoms with Crippen molar-refractivity contribution in [3.05, 3.63) is 41.6 Å². The van der Waals surface area contributed by atoms with Gasteiger partial charge in [-0.3, -0.25) is 4.79 Å². The van der Waals surface area contributed by atoms with Crippen LogP contribution >= 0.6 is 0 Å². The molecule has 2 aliphatic carbocycles. The Hall–Kier alpha value is -2.43. The first-order chi connectivity index (χ1) is 11.2. The summed E-state index contributed by atoms with van der Waals surface area (Å²) in [6.45, 7) is 1.97. The Labute approximate surface area is 135 Å². The number of amides is 1. The SMILES string of the molecule is Cc1cc(NC2CC2)nc(-c2ccc(C(=O)NC3CC3)cc2)n1. The lowest BCUT2D eigenvalue weighted by molar-refractivity contribution is 0.0951. The Morgan fingerprint density at radius 2 is 1.74 bits per heavy atom. The molecule has 2 N–H and O–H groups in total. The third-order valence-corrected chi connectivity index (χ3v) is 4.10. The lowest BCUT2D eigenvalue weighted by Gasteiger charge is -2.08. The number of aromatic nitrogens is 2. The first-order valence-corrected chi connectivity index (χ1v) is 8.21. The molecule has 5 nitrogen and oxygen atoms in total. The molecule has 1 heterocycles. The summed E-state index contributed by atoms with van der Waals surface area (Å²) in [5.41, 5.74) is 2.55. The van der Waals surface area contributed by atoms with Crippen LogP contribution in [0.2, 0.25) is 0 Å². The molecule has 1 aromatic carbocycles. The molecule has 0 bridgehead atoms. The van der Waals surface area contributed by atoms with Gasteiger partial charge in [-0.1, -0.05) is 12.1 Å². The minimum Gasteiger partial charge on any atom is -0.367 e. The average Bonchev–Trinajstić information content (AvgIpc) is 3.44. The molecule has 2 saturated carbocycles. The Morgan fingerprint density at radius 1 is 1.04 bits per heavy atom. The van der Waals surface area contributed by atoms with Gasteiger partial charge in [-0.15, -0.1) is 0 Å². The van der Waals surface area contributed by atoms with Crippen LogP contribution in [0, 0.1) is 6.92 Å². The normalized spacial score (nSPS) is 16.9. The summed E-state index contributed by atoms with van der Waals surface area (Å²) in [6.07, 6.45) is 4.61. The standard InChI is InChI=1S/C18H20N4O/c1-11-10-16(20-14-6-7-14)22-17(19-11)12-2-4-13(5-3-12)18(23)21-15-8-9-15/h2-5,10,14-15H,6-9H2,1H3,(H,21,23)(H,19,20,22). The zero-order valence-electron chi connectivity index (χ0n) is 13.2. The Morgan fingerprint density at radius 3 is 2.39 bits per heavy atom. The minimum atomic E-state index is 0.000277. The van der Waals surface area contributed by atoms with Crippen LogP contribution in [-0.4, -0.2) is 28.0 Å². The highest BCUT2D eigenvalue weighted by molar-refractivity contribution is 5.95. The van der Waals surface area contributed by atoms with Gasteiger partial charge in [-0.25, -0.2) is 9.97 Å². The third kappa shape index (κ3) is 3.50. The van der Waals surface area contributed by atoms with Gasteiger partial charge in [0.05, 0.1) is 0 Å². The highest BCUT2D eigenvalue weighted by atomic mass is 16.1. The van der Waals surface area contributed by atoms with E-state index in [2.05, 4.69) is 20.6 Å². The molecule has 0 saturated heterocycles. The lowest BCUT2D eigenvalue weighted by atomic mass is 10.1. The van der Waals surface area contributed by atoms with Crippen LogP contribution in [0.1, 0.15) is 41.7 Å². The van der Waals surface area contributed by atoms with Gasteiger partial charge in [-0.2, -0.15) is 0 Å². The summed E-state index contributed by atoms with van der Waals surface area (Å²) >= 11 is 0. The fraction of sp³-hybridized carbons (Fsp3) is 0.389. The zero-order valence-corrected chi connectivity index (χ0v) is 13.2. The van der Waals surface area contributed by atoms with Gasteiger partial charge in [0, 0.05) is 35.0 Å². The Balaban J connectivity index is 1.54. The lowest BCUT2D eigenvalue weighted by Crippen LogP contribution is -2.25. The average molecular weight is 308 g/mol. The molecule has 2 aliphatic rings. The monoisotopic (exact) mass is 308 g/mol. The summed E-state index contributed by atoms with van der Waals surface area (Å²) < 4.78 is 0. The van der Waals surface area contributed by atoms with Gasteiger partial charge < -0.3 is 10.6 Å². The van der Waals surface area contributed by atoms with Gasteiger partial charge in [0.2, 0.25) is 0 Å². The third-order valence-electron chi connectivity index (χ3n) is 4.10. The molecule has 4 rings (SSSR count). The Kier molecular flexibility index (Phi) is 3.48. The van der Waals surface area contributed by atoms with Crippen molar-refractivity contribution < 1.29 is 4.79 Å². The van der Waals surface area contributed by atoms with Crippen molar-refractivity contribution in [2.45, 2.75) is 44.7 Å². The number of rotatable bonds is 5. The molecule has 2 fully saturated rings. The van der Waals surface area contributed by atoms with Crippen LogP contribution in [0.4, 0.5) is 5.82 Å². The number of benzene rings is 1. The number of carbonyl (C=O) groups excluding carboxylic acids is 1. The highest BCUT2D eigenvalue weighted by Gasteiger charge is 2.24. The molecule has 0 radical (unpaired) electrons. The predicted octanol–water partition coefficient (Wildman–Crippen LogP) is 2.92. The van der Waals surface area contributed by atoms with Gasteiger partial charge in [0.15, 0.2) is 5.82 Å². The van der Waals surface area contributed by atoms with E-state index in [1.807, 2.05) is 37.3 Å². The largest absolute Gasteiger partial charge is 0.367 e. The van der Waals surface area contributed by atoms with E-state index in [1.54, 1.807) is 0 Å². The second-order valence-electron chi connectivity index (χ2n) is 6.46. The molecule has 0 atom stereocenters. The summed E-state index contributed by atoms with van der Waals surface area (Å²) in [4.78, 5) is 21.1. The minimum absolute atomic E-state index is 0.000277. The molecule has 2 aromatic rings. The summed E-state index contributed by atoms with van der Waals surface area (Å²) in [7, 11) is 0. The molecule has 1 aromatic heterocycles. The van der Waals surface area contributed by atoms with Crippen molar-refractivity contribution in [3.8, 4) is 11.4 Å². The van der Waals surface area contributed by atoms with Crippen LogP contribution in [-0.2, 0) is 0 Å². The topological polar surface area (TPSA) is 66.9 Å². The van der Waals surface area contributed by atoms with Crippen LogP contribution in [0.5, 0.6) is 0 Å². The molecule has 0 aliphatic heterocycles. The molecular formula is C18H20N4O. The van der Waals surface area contributed by atoms with Crippen LogP contribution in [0.25, 0.3) is 11.4 Å². The van der Waals surface area contributed by atoms with Crippen molar-refractivity contribution in [3.63, 3.8) is 0 Å². The molecule has 0 spiro atoms. The molecular weight excluding hydrogens is 288 g/mol. The second kappa shape index (κ2) is 5.65. The number of aryl methyl sites for hydroxylation is 1. The van der Waals surface area contributed by atoms with Gasteiger partial charge in [0.25, 0.3) is 5.91 Å². The van der Waals surface area contributed by atoms with Gasteiger partial charge >= 0.3 is 0 Å². The maximum Gasteiger partial charge on any atom is 0.251 e. The molecule has 0 unspecified atom stereocenters. The summed E-state index contributed by atoms with van der Waals surface area (Å²) in [6, 6.07) is 10.4. The van der Waals surface area contributed by atoms with Crippen LogP contribution in [0.15, 0.2) is 30.3 Å². The quantitative estimate of drug-likeness (QED) is 0.891. The van der Waals surface area contributed by atoms with Crippen LogP contribution in [0.3, 0.4) is 0 Å². The van der Waals surface area contributed by atoms with Crippen molar-refractivity contribution in [1.29, 1.82) is 0 Å². The van der Waals surface area contributed by atoms with E-state index < -0.39 is 0 Å². The predicted molar refractivity (Wildman–Crippen MR) is 89.3 cm³/mol. The maximum absolute atomic E-state index is 12.0. The van der Waals surface area contributed by atoms with E-state index in [9.17, 15) is 4.79 Å². The first kappa shape index (κ1) is 14.2. The number of nitrogens with zero attached hydrogens (tertiary/aromatic N) is 2. The smallest absolute Gasteiger partial charge is 0.251 e. The summed E-state index contributed by atoms with van der Waals surface area (Å²) in [5.74, 6) is 1.58. The molecule has 23 heavy (non-hydrogen) atoms. The van der Waals surface area contributed by atoms with Crippen LogP contribution < -0.4 is 10.6 Å². The molecule has 5 heteroatoms. The fourth-order valence-electron chi connectivity index (χ4n) is 2.48. The number of hydrogen-bond donors (Lipinski definition) is 2. The van der Waals surface area contributed by atoms with E-state index in [4.69, 9.17) is 0 Å². The van der Waals surface area contributed by atoms with Gasteiger partial charge in [-0.05, 0) is 44.7 Å². The number of hydrogen-bond acceptors (Lipinski definition) is 4. The summed E-state index contributed by atoms with van der Waals surface area (Å²) in [5, 5.41) is 6.41. The van der Waals surface area contributed by atoms with Crippen molar-refractivity contribution in [2.24, 2.45) is 0 Å². The van der Waals surface area contributed by atoms with E-state index in [-0.39, 0.29) is 5.91 Å². The van der Waals surface area contributed by atoms with E-state index in [0.29, 0.717) is 23.5 Å². The van der Waals surface area contributed by atoms with Crippen molar-refractivity contribution in [1.82, 2.24) is 15.3 Å². The highest BCUT2D eigenvalue weighted by Crippen LogP contribution is 2.25. The molecule has 118 valence electrons. The fourth-order valence-corrected chi connectivity index (χ4v) is 2.48.